The predicted octanol–water partition coefficient (Wildman–Crippen LogP) is 5.59. The van der Waals surface area contributed by atoms with E-state index in [4.69, 9.17) is 0 Å². The molecule has 0 N–H and O–H groups in total. The molecule has 0 amide bonds. The summed E-state index contributed by atoms with van der Waals surface area (Å²) < 4.78 is 0. The standard InChI is InChI=1S/C15H35P/c1-7-12-14-16(6,10-4,11-5)15(9-3)13-8-2/h15H,7-14H2,1-6H3. The van der Waals surface area contributed by atoms with Crippen LogP contribution in [-0.2, 0) is 0 Å². The van der Waals surface area contributed by atoms with E-state index in [9.17, 15) is 0 Å². The van der Waals surface area contributed by atoms with E-state index < -0.39 is 6.60 Å². The minimum absolute atomic E-state index is 1.04. The zero-order valence-electron chi connectivity index (χ0n) is 12.7. The number of hydrogen-bond donors (Lipinski definition) is 0. The third kappa shape index (κ3) is 3.46. The second kappa shape index (κ2) is 7.00. The van der Waals surface area contributed by atoms with Crippen LogP contribution >= 0.6 is 6.60 Å². The second-order valence-corrected chi connectivity index (χ2v) is 13.3. The molecule has 1 unspecified atom stereocenters. The Morgan fingerprint density at radius 3 is 1.75 bits per heavy atom. The molecule has 0 aromatic carbocycles. The van der Waals surface area contributed by atoms with Crippen molar-refractivity contribution in [2.45, 2.75) is 72.4 Å². The van der Waals surface area contributed by atoms with Crippen molar-refractivity contribution in [2.24, 2.45) is 0 Å². The molecule has 0 saturated carbocycles. The Labute approximate surface area is 105 Å². The molecule has 0 rings (SSSR count). The maximum atomic E-state index is 2.71. The first-order valence-corrected chi connectivity index (χ1v) is 10.8. The van der Waals surface area contributed by atoms with Gasteiger partial charge in [0.25, 0.3) is 0 Å². The molecule has 0 aliphatic rings. The van der Waals surface area contributed by atoms with Gasteiger partial charge < -0.3 is 0 Å². The van der Waals surface area contributed by atoms with Gasteiger partial charge in [-0.2, -0.15) is 0 Å². The van der Waals surface area contributed by atoms with Gasteiger partial charge in [0, 0.05) is 0 Å². The normalized spacial score (nSPS) is 16.8. The molecule has 0 aliphatic heterocycles. The fraction of sp³-hybridized carbons (Fsp3) is 1.00. The maximum absolute atomic E-state index is 2.71. The van der Waals surface area contributed by atoms with Crippen molar-refractivity contribution in [3.8, 4) is 0 Å². The fourth-order valence-corrected chi connectivity index (χ4v) is 9.32. The van der Waals surface area contributed by atoms with Gasteiger partial charge in [-0.05, 0) is 0 Å². The fourth-order valence-electron chi connectivity index (χ4n) is 3.38. The third-order valence-electron chi connectivity index (χ3n) is 5.31. The van der Waals surface area contributed by atoms with Crippen molar-refractivity contribution >= 4 is 6.60 Å². The predicted molar refractivity (Wildman–Crippen MR) is 82.7 cm³/mol. The summed E-state index contributed by atoms with van der Waals surface area (Å²) in [5, 5.41) is 0. The molecule has 0 heterocycles. The molecule has 0 aromatic heterocycles. The molecule has 0 bridgehead atoms. The monoisotopic (exact) mass is 246 g/mol. The van der Waals surface area contributed by atoms with Crippen LogP contribution in [-0.4, -0.2) is 30.8 Å². The topological polar surface area (TPSA) is 0 Å². The Kier molecular flexibility index (Phi) is 7.18. The van der Waals surface area contributed by atoms with E-state index in [1.807, 2.05) is 0 Å². The van der Waals surface area contributed by atoms with Crippen LogP contribution < -0.4 is 0 Å². The van der Waals surface area contributed by atoms with Crippen LogP contribution in [0.4, 0.5) is 0 Å². The Bertz CT molecular complexity index is 182. The summed E-state index contributed by atoms with van der Waals surface area (Å²) in [6.45, 7) is 13.4. The quantitative estimate of drug-likeness (QED) is 0.465. The van der Waals surface area contributed by atoms with Crippen molar-refractivity contribution in [2.75, 3.05) is 25.2 Å². The molecule has 16 heavy (non-hydrogen) atoms. The van der Waals surface area contributed by atoms with E-state index in [-0.39, 0.29) is 0 Å². The molecule has 0 aromatic rings. The van der Waals surface area contributed by atoms with Gasteiger partial charge in [0.15, 0.2) is 0 Å². The first kappa shape index (κ1) is 16.4. The molecule has 1 atom stereocenters. The SMILES string of the molecule is CCCCP(C)(CC)(CC)C(CC)CCC. The molecular weight excluding hydrogens is 211 g/mol. The van der Waals surface area contributed by atoms with E-state index >= 15 is 0 Å². The summed E-state index contributed by atoms with van der Waals surface area (Å²) >= 11 is 0. The molecule has 0 fully saturated rings. The summed E-state index contributed by atoms with van der Waals surface area (Å²) in [5.41, 5.74) is 1.04. The van der Waals surface area contributed by atoms with Crippen LogP contribution in [0.25, 0.3) is 0 Å². The third-order valence-corrected chi connectivity index (χ3v) is 13.6. The summed E-state index contributed by atoms with van der Waals surface area (Å²) in [5.74, 6) is 0. The van der Waals surface area contributed by atoms with Crippen molar-refractivity contribution in [3.63, 3.8) is 0 Å². The van der Waals surface area contributed by atoms with Crippen LogP contribution in [0.15, 0.2) is 0 Å². The minimum atomic E-state index is -1.39. The van der Waals surface area contributed by atoms with Gasteiger partial charge in [-0.3, -0.25) is 0 Å². The molecule has 0 spiro atoms. The first-order valence-electron chi connectivity index (χ1n) is 7.51. The summed E-state index contributed by atoms with van der Waals surface area (Å²) in [6.07, 6.45) is 11.6. The Morgan fingerprint density at radius 2 is 1.44 bits per heavy atom. The number of unbranched alkanes of at least 4 members (excludes halogenated alkanes) is 1. The average Bonchev–Trinajstić information content (AvgIpc) is 2.33. The van der Waals surface area contributed by atoms with Crippen molar-refractivity contribution in [3.05, 3.63) is 0 Å². The molecule has 0 nitrogen and oxygen atoms in total. The number of rotatable bonds is 9. The molecule has 0 aliphatic carbocycles. The molecule has 1 heteroatoms. The van der Waals surface area contributed by atoms with Crippen LogP contribution in [0.2, 0.25) is 0 Å². The van der Waals surface area contributed by atoms with Gasteiger partial charge in [0.05, 0.1) is 0 Å². The van der Waals surface area contributed by atoms with Gasteiger partial charge in [0.2, 0.25) is 0 Å². The summed E-state index contributed by atoms with van der Waals surface area (Å²) in [6, 6.07) is 0. The van der Waals surface area contributed by atoms with E-state index in [1.165, 1.54) is 44.4 Å². The van der Waals surface area contributed by atoms with Crippen molar-refractivity contribution in [1.29, 1.82) is 0 Å². The molecule has 0 saturated heterocycles. The van der Waals surface area contributed by atoms with E-state index in [1.54, 1.807) is 6.16 Å². The van der Waals surface area contributed by atoms with Gasteiger partial charge in [-0.15, -0.1) is 0 Å². The second-order valence-electron chi connectivity index (χ2n) is 5.99. The van der Waals surface area contributed by atoms with Gasteiger partial charge in [-0.1, -0.05) is 0 Å². The Balaban J connectivity index is 5.00. The van der Waals surface area contributed by atoms with Crippen LogP contribution in [0.3, 0.4) is 0 Å². The Morgan fingerprint density at radius 1 is 0.875 bits per heavy atom. The van der Waals surface area contributed by atoms with Crippen molar-refractivity contribution < 1.29 is 0 Å². The summed E-state index contributed by atoms with van der Waals surface area (Å²) in [7, 11) is 0. The van der Waals surface area contributed by atoms with Gasteiger partial charge >= 0.3 is 104 Å². The van der Waals surface area contributed by atoms with Crippen LogP contribution in [0.1, 0.15) is 66.7 Å². The van der Waals surface area contributed by atoms with E-state index in [0.717, 1.165) is 5.66 Å². The van der Waals surface area contributed by atoms with Gasteiger partial charge in [0.1, 0.15) is 0 Å². The first-order chi connectivity index (χ1) is 7.51. The zero-order chi connectivity index (χ0) is 12.7. The number of hydrogen-bond acceptors (Lipinski definition) is 0. The molecule has 100 valence electrons. The van der Waals surface area contributed by atoms with E-state index in [2.05, 4.69) is 41.3 Å². The van der Waals surface area contributed by atoms with Crippen molar-refractivity contribution in [1.82, 2.24) is 0 Å². The van der Waals surface area contributed by atoms with Gasteiger partial charge in [-0.25, -0.2) is 0 Å². The molecular formula is C15H35P. The molecule has 0 radical (unpaired) electrons. The van der Waals surface area contributed by atoms with E-state index in [0.29, 0.717) is 0 Å². The zero-order valence-corrected chi connectivity index (χ0v) is 13.6. The average molecular weight is 246 g/mol. The summed E-state index contributed by atoms with van der Waals surface area (Å²) in [4.78, 5) is 0. The van der Waals surface area contributed by atoms with Crippen LogP contribution in [0, 0.1) is 0 Å². The van der Waals surface area contributed by atoms with Crippen LogP contribution in [0.5, 0.6) is 0 Å². The Hall–Kier alpha value is 0.430.